The number of aromatic nitrogens is 2. The molecule has 0 aliphatic heterocycles. The third kappa shape index (κ3) is 5.23. The van der Waals surface area contributed by atoms with E-state index in [4.69, 9.17) is 27.9 Å². The molecule has 0 aliphatic carbocycles. The van der Waals surface area contributed by atoms with Gasteiger partial charge in [0.1, 0.15) is 0 Å². The van der Waals surface area contributed by atoms with E-state index >= 15 is 0 Å². The Morgan fingerprint density at radius 1 is 1.29 bits per heavy atom. The van der Waals surface area contributed by atoms with Gasteiger partial charge in [-0.2, -0.15) is 5.10 Å². The van der Waals surface area contributed by atoms with Gasteiger partial charge in [0.05, 0.1) is 41.6 Å². The second kappa shape index (κ2) is 8.68. The van der Waals surface area contributed by atoms with E-state index in [1.807, 2.05) is 0 Å². The lowest BCUT2D eigenvalue weighted by Gasteiger charge is -2.06. The lowest BCUT2D eigenvalue weighted by Crippen LogP contribution is -2.32. The average molecular weight is 371 g/mol. The van der Waals surface area contributed by atoms with Crippen molar-refractivity contribution in [2.24, 2.45) is 0 Å². The fraction of sp³-hybridized carbons (Fsp3) is 0.267. The minimum absolute atomic E-state index is 0.178. The number of anilines is 1. The first-order valence-corrected chi connectivity index (χ1v) is 7.79. The van der Waals surface area contributed by atoms with E-state index in [0.29, 0.717) is 29.4 Å². The van der Waals surface area contributed by atoms with E-state index in [2.05, 4.69) is 15.7 Å². The number of amides is 2. The standard InChI is InChI=1S/C15H16Cl2N4O3/c1-24-5-4-21-9-11(7-19-21)20-14(22)8-18-15(23)10-2-3-12(16)13(17)6-10/h2-3,6-7,9H,4-5,8H2,1H3,(H,18,23)(H,20,22). The Kier molecular flexibility index (Phi) is 6.60. The number of nitrogens with one attached hydrogen (secondary N) is 2. The number of hydrogen-bond donors (Lipinski definition) is 2. The lowest BCUT2D eigenvalue weighted by atomic mass is 10.2. The maximum absolute atomic E-state index is 12.0. The van der Waals surface area contributed by atoms with Gasteiger partial charge in [0.15, 0.2) is 0 Å². The van der Waals surface area contributed by atoms with Crippen molar-refractivity contribution < 1.29 is 14.3 Å². The number of carbonyl (C=O) groups excluding carboxylic acids is 2. The van der Waals surface area contributed by atoms with Crippen LogP contribution in [0.4, 0.5) is 5.69 Å². The van der Waals surface area contributed by atoms with Crippen LogP contribution in [-0.2, 0) is 16.1 Å². The van der Waals surface area contributed by atoms with E-state index in [1.54, 1.807) is 18.0 Å². The Hall–Kier alpha value is -2.09. The highest BCUT2D eigenvalue weighted by Gasteiger charge is 2.10. The Morgan fingerprint density at radius 2 is 2.08 bits per heavy atom. The molecule has 1 heterocycles. The molecule has 0 spiro atoms. The molecule has 0 aliphatic rings. The van der Waals surface area contributed by atoms with Crippen LogP contribution in [0.3, 0.4) is 0 Å². The average Bonchev–Trinajstić information content (AvgIpc) is 3.00. The smallest absolute Gasteiger partial charge is 0.251 e. The number of carbonyl (C=O) groups is 2. The summed E-state index contributed by atoms with van der Waals surface area (Å²) in [6, 6.07) is 4.49. The number of nitrogens with zero attached hydrogens (tertiary/aromatic N) is 2. The van der Waals surface area contributed by atoms with Crippen LogP contribution in [0.5, 0.6) is 0 Å². The van der Waals surface area contributed by atoms with Gasteiger partial charge < -0.3 is 15.4 Å². The SMILES string of the molecule is COCCn1cc(NC(=O)CNC(=O)c2ccc(Cl)c(Cl)c2)cn1. The zero-order valence-electron chi connectivity index (χ0n) is 12.9. The van der Waals surface area contributed by atoms with Crippen molar-refractivity contribution in [2.45, 2.75) is 6.54 Å². The molecule has 1 aromatic carbocycles. The number of hydrogen-bond acceptors (Lipinski definition) is 4. The minimum atomic E-state index is -0.417. The second-order valence-corrected chi connectivity index (χ2v) is 5.66. The van der Waals surface area contributed by atoms with Crippen molar-refractivity contribution in [1.29, 1.82) is 0 Å². The van der Waals surface area contributed by atoms with Crippen LogP contribution in [0.2, 0.25) is 10.0 Å². The predicted molar refractivity (Wildman–Crippen MR) is 91.5 cm³/mol. The van der Waals surface area contributed by atoms with Gasteiger partial charge >= 0.3 is 0 Å². The first kappa shape index (κ1) is 18.3. The first-order chi connectivity index (χ1) is 11.5. The third-order valence-corrected chi connectivity index (χ3v) is 3.77. The molecular formula is C15H16Cl2N4O3. The van der Waals surface area contributed by atoms with E-state index in [0.717, 1.165) is 0 Å². The fourth-order valence-electron chi connectivity index (χ4n) is 1.84. The molecule has 0 fully saturated rings. The summed E-state index contributed by atoms with van der Waals surface area (Å²) < 4.78 is 6.59. The molecular weight excluding hydrogens is 355 g/mol. The Morgan fingerprint density at radius 3 is 2.79 bits per heavy atom. The lowest BCUT2D eigenvalue weighted by molar-refractivity contribution is -0.115. The number of halogens is 2. The largest absolute Gasteiger partial charge is 0.383 e. The number of methoxy groups -OCH3 is 1. The van der Waals surface area contributed by atoms with Crippen molar-refractivity contribution in [3.63, 3.8) is 0 Å². The van der Waals surface area contributed by atoms with Crippen LogP contribution < -0.4 is 10.6 Å². The topological polar surface area (TPSA) is 85.2 Å². The summed E-state index contributed by atoms with van der Waals surface area (Å²) in [6.07, 6.45) is 3.20. The molecule has 0 saturated carbocycles. The van der Waals surface area contributed by atoms with Gasteiger partial charge in [0, 0.05) is 18.9 Å². The molecule has 2 rings (SSSR count). The number of ether oxygens (including phenoxy) is 1. The van der Waals surface area contributed by atoms with Crippen molar-refractivity contribution in [3.05, 3.63) is 46.2 Å². The van der Waals surface area contributed by atoms with Gasteiger partial charge in [0.25, 0.3) is 5.91 Å². The Bertz CT molecular complexity index is 733. The molecule has 2 aromatic rings. The van der Waals surface area contributed by atoms with Crippen molar-refractivity contribution in [2.75, 3.05) is 25.6 Å². The molecule has 7 nitrogen and oxygen atoms in total. The monoisotopic (exact) mass is 370 g/mol. The van der Waals surface area contributed by atoms with Gasteiger partial charge in [-0.15, -0.1) is 0 Å². The van der Waals surface area contributed by atoms with Crippen LogP contribution >= 0.6 is 23.2 Å². The highest BCUT2D eigenvalue weighted by molar-refractivity contribution is 6.42. The van der Waals surface area contributed by atoms with E-state index in [1.165, 1.54) is 24.4 Å². The zero-order valence-corrected chi connectivity index (χ0v) is 14.4. The quantitative estimate of drug-likeness (QED) is 0.782. The van der Waals surface area contributed by atoms with E-state index < -0.39 is 5.91 Å². The van der Waals surface area contributed by atoms with Crippen molar-refractivity contribution >= 4 is 40.7 Å². The van der Waals surface area contributed by atoms with Gasteiger partial charge in [0.2, 0.25) is 5.91 Å². The molecule has 9 heteroatoms. The van der Waals surface area contributed by atoms with E-state index in [-0.39, 0.29) is 17.5 Å². The molecule has 2 N–H and O–H groups in total. The summed E-state index contributed by atoms with van der Waals surface area (Å²) in [7, 11) is 1.60. The van der Waals surface area contributed by atoms with Crippen LogP contribution in [-0.4, -0.2) is 41.9 Å². The summed E-state index contributed by atoms with van der Waals surface area (Å²) in [4.78, 5) is 23.8. The van der Waals surface area contributed by atoms with Crippen LogP contribution in [0.1, 0.15) is 10.4 Å². The normalized spacial score (nSPS) is 10.5. The third-order valence-electron chi connectivity index (χ3n) is 3.03. The highest BCUT2D eigenvalue weighted by atomic mass is 35.5. The van der Waals surface area contributed by atoms with Gasteiger partial charge in [-0.1, -0.05) is 23.2 Å². The maximum atomic E-state index is 12.0. The molecule has 0 radical (unpaired) electrons. The van der Waals surface area contributed by atoms with Gasteiger partial charge in [-0.25, -0.2) is 0 Å². The molecule has 1 aromatic heterocycles. The van der Waals surface area contributed by atoms with Crippen LogP contribution in [0.25, 0.3) is 0 Å². The summed E-state index contributed by atoms with van der Waals surface area (Å²) in [5.41, 5.74) is 0.865. The molecule has 128 valence electrons. The molecule has 0 atom stereocenters. The van der Waals surface area contributed by atoms with E-state index in [9.17, 15) is 9.59 Å². The summed E-state index contributed by atoms with van der Waals surface area (Å²) in [5, 5.41) is 9.86. The molecule has 2 amide bonds. The molecule has 24 heavy (non-hydrogen) atoms. The van der Waals surface area contributed by atoms with Crippen LogP contribution in [0, 0.1) is 0 Å². The van der Waals surface area contributed by atoms with Crippen molar-refractivity contribution in [1.82, 2.24) is 15.1 Å². The zero-order chi connectivity index (χ0) is 17.5. The maximum Gasteiger partial charge on any atom is 0.251 e. The molecule has 0 unspecified atom stereocenters. The van der Waals surface area contributed by atoms with Crippen molar-refractivity contribution in [3.8, 4) is 0 Å². The van der Waals surface area contributed by atoms with Gasteiger partial charge in [-0.05, 0) is 18.2 Å². The highest BCUT2D eigenvalue weighted by Crippen LogP contribution is 2.22. The first-order valence-electron chi connectivity index (χ1n) is 7.04. The fourth-order valence-corrected chi connectivity index (χ4v) is 2.14. The Labute approximate surface area is 148 Å². The van der Waals surface area contributed by atoms with Gasteiger partial charge in [-0.3, -0.25) is 14.3 Å². The number of benzene rings is 1. The number of rotatable bonds is 7. The minimum Gasteiger partial charge on any atom is -0.383 e. The molecule has 0 bridgehead atoms. The summed E-state index contributed by atoms with van der Waals surface area (Å²) in [5.74, 6) is -0.783. The van der Waals surface area contributed by atoms with Crippen LogP contribution in [0.15, 0.2) is 30.6 Å². The second-order valence-electron chi connectivity index (χ2n) is 4.84. The Balaban J connectivity index is 1.83. The molecule has 0 saturated heterocycles. The summed E-state index contributed by atoms with van der Waals surface area (Å²) in [6.45, 7) is 0.928. The predicted octanol–water partition coefficient (Wildman–Crippen LogP) is 2.20. The summed E-state index contributed by atoms with van der Waals surface area (Å²) >= 11 is 11.7.